The Bertz CT molecular complexity index is 1180. The number of rotatable bonds is 7. The first-order chi connectivity index (χ1) is 20.4. The number of carbonyl (C=O) groups excluding carboxylic acids is 3. The second-order valence-electron chi connectivity index (χ2n) is 10.6. The zero-order chi connectivity index (χ0) is 29.8. The van der Waals surface area contributed by atoms with E-state index in [-0.39, 0.29) is 76.7 Å². The fourth-order valence-electron chi connectivity index (χ4n) is 5.22. The van der Waals surface area contributed by atoms with Crippen LogP contribution in [-0.4, -0.2) is 114 Å². The Morgan fingerprint density at radius 1 is 1.12 bits per heavy atom. The van der Waals surface area contributed by atoms with Crippen LogP contribution in [0.3, 0.4) is 0 Å². The molecule has 42 heavy (non-hydrogen) atoms. The maximum absolute atomic E-state index is 13.5. The van der Waals surface area contributed by atoms with Crippen LogP contribution >= 0.6 is 0 Å². The van der Waals surface area contributed by atoms with Crippen LogP contribution in [0.5, 0.6) is 5.75 Å². The van der Waals surface area contributed by atoms with Gasteiger partial charge in [0, 0.05) is 45.2 Å². The Kier molecular flexibility index (Phi) is 11.6. The third-order valence-electron chi connectivity index (χ3n) is 7.39. The molecular formula is C28H41N7O7. The third kappa shape index (κ3) is 9.48. The number of methoxy groups -OCH3 is 1. The van der Waals surface area contributed by atoms with Crippen LogP contribution in [0.15, 0.2) is 30.5 Å². The van der Waals surface area contributed by atoms with Gasteiger partial charge in [-0.15, -0.1) is 5.10 Å². The van der Waals surface area contributed by atoms with Crippen LogP contribution in [0, 0.1) is 0 Å². The van der Waals surface area contributed by atoms with Gasteiger partial charge in [0.25, 0.3) is 0 Å². The summed E-state index contributed by atoms with van der Waals surface area (Å²) in [6, 6.07) is 7.00. The van der Waals surface area contributed by atoms with Crippen molar-refractivity contribution in [1.29, 1.82) is 0 Å². The van der Waals surface area contributed by atoms with Crippen LogP contribution in [0.2, 0.25) is 0 Å². The minimum absolute atomic E-state index is 0.00976. The van der Waals surface area contributed by atoms with Crippen molar-refractivity contribution in [3.8, 4) is 5.75 Å². The van der Waals surface area contributed by atoms with Crippen LogP contribution < -0.4 is 20.7 Å². The molecule has 1 aromatic heterocycles. The lowest BCUT2D eigenvalue weighted by molar-refractivity contribution is -0.133. The van der Waals surface area contributed by atoms with Crippen molar-refractivity contribution in [2.45, 2.75) is 50.4 Å². The number of aromatic nitrogens is 3. The molecule has 4 rings (SSSR count). The number of benzene rings is 1. The molecule has 0 bridgehead atoms. The number of likely N-dealkylation sites (tertiary alicyclic amines) is 1. The van der Waals surface area contributed by atoms with Crippen LogP contribution in [0.1, 0.15) is 30.5 Å². The Balaban J connectivity index is 1.46. The van der Waals surface area contributed by atoms with Crippen molar-refractivity contribution in [2.75, 3.05) is 59.8 Å². The van der Waals surface area contributed by atoms with Crippen molar-refractivity contribution in [1.82, 2.24) is 35.8 Å². The zero-order valence-corrected chi connectivity index (χ0v) is 24.0. The summed E-state index contributed by atoms with van der Waals surface area (Å²) < 4.78 is 17.8. The van der Waals surface area contributed by atoms with Gasteiger partial charge in [-0.2, -0.15) is 0 Å². The topological polar surface area (TPSA) is 169 Å². The van der Waals surface area contributed by atoms with Crippen LogP contribution in [0.25, 0.3) is 0 Å². The van der Waals surface area contributed by atoms with E-state index in [4.69, 9.17) is 19.3 Å². The zero-order valence-electron chi connectivity index (χ0n) is 24.0. The molecule has 230 valence electrons. The van der Waals surface area contributed by atoms with Gasteiger partial charge in [0.05, 0.1) is 51.3 Å². The Labute approximate surface area is 245 Å². The van der Waals surface area contributed by atoms with Crippen LogP contribution in [0.4, 0.5) is 0 Å². The third-order valence-corrected chi connectivity index (χ3v) is 7.39. The summed E-state index contributed by atoms with van der Waals surface area (Å²) in [5, 5.41) is 25.9. The van der Waals surface area contributed by atoms with Crippen molar-refractivity contribution >= 4 is 17.7 Å². The summed E-state index contributed by atoms with van der Waals surface area (Å²) in [7, 11) is 1.64. The van der Waals surface area contributed by atoms with Crippen LogP contribution in [-0.2, 0) is 43.4 Å². The second-order valence-corrected chi connectivity index (χ2v) is 10.6. The smallest absolute Gasteiger partial charge is 0.246 e. The monoisotopic (exact) mass is 587 g/mol. The molecule has 2 saturated heterocycles. The molecule has 0 aliphatic carbocycles. The summed E-state index contributed by atoms with van der Waals surface area (Å²) in [4.78, 5) is 41.7. The number of amides is 3. The first-order valence-electron chi connectivity index (χ1n) is 14.3. The fourth-order valence-corrected chi connectivity index (χ4v) is 5.22. The van der Waals surface area contributed by atoms with Gasteiger partial charge in [-0.3, -0.25) is 19.3 Å². The molecule has 1 spiro atoms. The van der Waals surface area contributed by atoms with Crippen molar-refractivity contribution in [3.05, 3.63) is 41.7 Å². The summed E-state index contributed by atoms with van der Waals surface area (Å²) in [6.45, 7) is 3.10. The number of aliphatic hydroxyl groups is 1. The summed E-state index contributed by atoms with van der Waals surface area (Å²) in [6.07, 6.45) is 2.86. The number of aliphatic hydroxyl groups excluding tert-OH is 1. The van der Waals surface area contributed by atoms with Crippen molar-refractivity contribution in [3.63, 3.8) is 0 Å². The van der Waals surface area contributed by atoms with E-state index in [0.717, 1.165) is 17.9 Å². The SMILES string of the molecule is COc1cccc(CN2CCC3(CC2)CC(=O)N[C@H](Cc2cn(CCO)nn2)C(=O)NCCOCCOCC(=O)N3)c1. The molecule has 1 aromatic carbocycles. The molecule has 2 aromatic rings. The molecule has 3 heterocycles. The van der Waals surface area contributed by atoms with E-state index in [0.29, 0.717) is 31.6 Å². The summed E-state index contributed by atoms with van der Waals surface area (Å²) in [5.41, 5.74) is 0.819. The number of carbonyl (C=O) groups is 3. The molecule has 2 aliphatic rings. The second kappa shape index (κ2) is 15.6. The van der Waals surface area contributed by atoms with E-state index in [1.165, 1.54) is 4.68 Å². The first-order valence-corrected chi connectivity index (χ1v) is 14.3. The normalized spacial score (nSPS) is 21.4. The molecule has 0 unspecified atom stereocenters. The minimum atomic E-state index is -0.908. The van der Waals surface area contributed by atoms with Gasteiger partial charge in [0.2, 0.25) is 17.7 Å². The van der Waals surface area contributed by atoms with E-state index >= 15 is 0 Å². The van der Waals surface area contributed by atoms with Gasteiger partial charge < -0.3 is 35.3 Å². The van der Waals surface area contributed by atoms with Gasteiger partial charge in [-0.05, 0) is 30.5 Å². The maximum atomic E-state index is 13.5. The van der Waals surface area contributed by atoms with Gasteiger partial charge in [0.15, 0.2) is 0 Å². The Morgan fingerprint density at radius 2 is 1.93 bits per heavy atom. The highest BCUT2D eigenvalue weighted by atomic mass is 16.5. The largest absolute Gasteiger partial charge is 0.497 e. The molecule has 1 atom stereocenters. The number of hydrogen-bond donors (Lipinski definition) is 4. The number of ether oxygens (including phenoxy) is 3. The molecule has 14 heteroatoms. The van der Waals surface area contributed by atoms with Crippen molar-refractivity contribution < 1.29 is 33.7 Å². The average Bonchev–Trinajstić information content (AvgIpc) is 3.41. The predicted molar refractivity (Wildman–Crippen MR) is 150 cm³/mol. The highest BCUT2D eigenvalue weighted by Gasteiger charge is 2.39. The van der Waals surface area contributed by atoms with Gasteiger partial charge in [0.1, 0.15) is 18.4 Å². The number of hydrogen-bond acceptors (Lipinski definition) is 10. The lowest BCUT2D eigenvalue weighted by Gasteiger charge is -2.42. The molecule has 4 N–H and O–H groups in total. The molecular weight excluding hydrogens is 546 g/mol. The van der Waals surface area contributed by atoms with E-state index < -0.39 is 11.6 Å². The molecule has 0 radical (unpaired) electrons. The minimum Gasteiger partial charge on any atom is -0.497 e. The van der Waals surface area contributed by atoms with E-state index in [1.54, 1.807) is 13.3 Å². The van der Waals surface area contributed by atoms with Crippen molar-refractivity contribution in [2.24, 2.45) is 0 Å². The standard InChI is InChI=1S/C28H41N7O7/c1-40-23-4-2-3-21(15-23)18-34-8-5-28(6-9-34)17-25(37)30-24(16-22-19-35(10-11-36)33-32-22)27(39)29-7-12-41-13-14-42-20-26(38)31-28/h2-4,15,19,24,36H,5-14,16-18,20H2,1H3,(H,29,39)(H,30,37)(H,31,38)/t24-/m1/s1. The van der Waals surface area contributed by atoms with Gasteiger partial charge in [-0.25, -0.2) is 4.68 Å². The quantitative estimate of drug-likeness (QED) is 0.316. The lowest BCUT2D eigenvalue weighted by Crippen LogP contribution is -2.59. The molecule has 14 nitrogen and oxygen atoms in total. The van der Waals surface area contributed by atoms with E-state index in [1.807, 2.05) is 24.3 Å². The molecule has 0 saturated carbocycles. The first kappa shape index (κ1) is 31.3. The number of nitrogens with one attached hydrogen (secondary N) is 3. The summed E-state index contributed by atoms with van der Waals surface area (Å²) in [5.74, 6) is -0.241. The van der Waals surface area contributed by atoms with E-state index in [2.05, 4.69) is 31.2 Å². The fraction of sp³-hybridized carbons (Fsp3) is 0.607. The van der Waals surface area contributed by atoms with Gasteiger partial charge >= 0.3 is 0 Å². The molecule has 2 fully saturated rings. The van der Waals surface area contributed by atoms with E-state index in [9.17, 15) is 14.4 Å². The highest BCUT2D eigenvalue weighted by Crippen LogP contribution is 2.28. The Morgan fingerprint density at radius 3 is 2.71 bits per heavy atom. The lowest BCUT2D eigenvalue weighted by atomic mass is 9.83. The average molecular weight is 588 g/mol. The summed E-state index contributed by atoms with van der Waals surface area (Å²) >= 11 is 0. The number of piperidine rings is 1. The predicted octanol–water partition coefficient (Wildman–Crippen LogP) is -0.990. The maximum Gasteiger partial charge on any atom is 0.246 e. The molecule has 2 aliphatic heterocycles. The van der Waals surface area contributed by atoms with Gasteiger partial charge in [-0.1, -0.05) is 17.3 Å². The molecule has 3 amide bonds. The number of nitrogens with zero attached hydrogens (tertiary/aromatic N) is 4. The Hall–Kier alpha value is -3.59. The highest BCUT2D eigenvalue weighted by molar-refractivity contribution is 5.88.